The standard InChI is InChI=1S/C25H28N6O/c1-15-22-20(30-29-15)11-10-19-23(22)17-6-4-5-7-18(17)24(28-19)21-9-8-16(14-27-21)25(32)26-12-13-31(2)3/h8-11,14H,4-7,12-13H2,1-3H3,(H,26,32)(H,29,30). The minimum absolute atomic E-state index is 0.0998. The van der Waals surface area contributed by atoms with E-state index in [-0.39, 0.29) is 5.91 Å². The normalized spacial score (nSPS) is 13.6. The SMILES string of the molecule is Cc1[nH]nc2ccc3nc(-c4ccc(C(=O)NCCN(C)C)cn4)c4c(c3c12)CCCC4. The van der Waals surface area contributed by atoms with Crippen molar-refractivity contribution in [1.82, 2.24) is 30.4 Å². The number of H-pyrrole nitrogens is 1. The summed E-state index contributed by atoms with van der Waals surface area (Å²) in [5.41, 5.74) is 8.02. The van der Waals surface area contributed by atoms with Crippen LogP contribution in [-0.2, 0) is 12.8 Å². The Morgan fingerprint density at radius 3 is 2.59 bits per heavy atom. The Morgan fingerprint density at radius 2 is 1.84 bits per heavy atom. The Kier molecular flexibility index (Phi) is 5.35. The minimum atomic E-state index is -0.0998. The molecule has 7 heteroatoms. The van der Waals surface area contributed by atoms with Crippen molar-refractivity contribution in [2.75, 3.05) is 27.2 Å². The molecule has 4 aromatic rings. The molecule has 3 heterocycles. The van der Waals surface area contributed by atoms with E-state index in [1.807, 2.05) is 37.2 Å². The number of aromatic amines is 1. The number of fused-ring (bicyclic) bond motifs is 5. The molecule has 5 rings (SSSR count). The Hall–Kier alpha value is -3.32. The molecule has 164 valence electrons. The fraction of sp³-hybridized carbons (Fsp3) is 0.360. The summed E-state index contributed by atoms with van der Waals surface area (Å²) >= 11 is 0. The van der Waals surface area contributed by atoms with Gasteiger partial charge in [0.25, 0.3) is 5.91 Å². The maximum Gasteiger partial charge on any atom is 0.252 e. The number of hydrogen-bond acceptors (Lipinski definition) is 5. The number of nitrogens with one attached hydrogen (secondary N) is 2. The first kappa shape index (κ1) is 20.6. The molecule has 0 bridgehead atoms. The van der Waals surface area contributed by atoms with Crippen molar-refractivity contribution in [2.24, 2.45) is 0 Å². The maximum atomic E-state index is 12.4. The van der Waals surface area contributed by atoms with Gasteiger partial charge in [-0.2, -0.15) is 5.10 Å². The van der Waals surface area contributed by atoms with E-state index in [4.69, 9.17) is 4.98 Å². The molecule has 0 unspecified atom stereocenters. The average molecular weight is 429 g/mol. The summed E-state index contributed by atoms with van der Waals surface area (Å²) in [4.78, 5) is 24.2. The second-order valence-electron chi connectivity index (χ2n) is 8.82. The third-order valence-corrected chi connectivity index (χ3v) is 6.28. The predicted octanol–water partition coefficient (Wildman–Crippen LogP) is 3.65. The fourth-order valence-electron chi connectivity index (χ4n) is 4.66. The molecule has 0 atom stereocenters. The number of amides is 1. The van der Waals surface area contributed by atoms with Crippen molar-refractivity contribution in [3.8, 4) is 11.4 Å². The van der Waals surface area contributed by atoms with Crippen LogP contribution in [0.2, 0.25) is 0 Å². The first-order valence-corrected chi connectivity index (χ1v) is 11.2. The number of hydrogen-bond donors (Lipinski definition) is 2. The van der Waals surface area contributed by atoms with Gasteiger partial charge in [-0.3, -0.25) is 14.9 Å². The van der Waals surface area contributed by atoms with Crippen LogP contribution in [0.25, 0.3) is 33.2 Å². The molecule has 1 aliphatic carbocycles. The summed E-state index contributed by atoms with van der Waals surface area (Å²) in [6.07, 6.45) is 6.02. The van der Waals surface area contributed by atoms with E-state index in [0.717, 1.165) is 53.9 Å². The number of carbonyl (C=O) groups is 1. The van der Waals surface area contributed by atoms with Gasteiger partial charge in [-0.05, 0) is 82.1 Å². The number of benzene rings is 1. The van der Waals surface area contributed by atoms with Gasteiger partial charge in [-0.1, -0.05) is 0 Å². The van der Waals surface area contributed by atoms with Crippen LogP contribution in [0.5, 0.6) is 0 Å². The van der Waals surface area contributed by atoms with E-state index in [1.54, 1.807) is 6.20 Å². The molecule has 0 fully saturated rings. The molecule has 0 radical (unpaired) electrons. The summed E-state index contributed by atoms with van der Waals surface area (Å²) in [6.45, 7) is 3.48. The van der Waals surface area contributed by atoms with Crippen molar-refractivity contribution in [3.05, 3.63) is 52.8 Å². The predicted molar refractivity (Wildman–Crippen MR) is 127 cm³/mol. The zero-order chi connectivity index (χ0) is 22.2. The summed E-state index contributed by atoms with van der Waals surface area (Å²) in [5.74, 6) is -0.0998. The highest BCUT2D eigenvalue weighted by Crippen LogP contribution is 2.38. The largest absolute Gasteiger partial charge is 0.351 e. The molecule has 0 spiro atoms. The topological polar surface area (TPSA) is 86.8 Å². The number of carbonyl (C=O) groups excluding carboxylic acids is 1. The van der Waals surface area contributed by atoms with Crippen LogP contribution in [0.4, 0.5) is 0 Å². The second kappa shape index (κ2) is 8.31. The monoisotopic (exact) mass is 428 g/mol. The Balaban J connectivity index is 1.55. The third kappa shape index (κ3) is 3.62. The van der Waals surface area contributed by atoms with Crippen LogP contribution in [0.3, 0.4) is 0 Å². The molecular weight excluding hydrogens is 400 g/mol. The van der Waals surface area contributed by atoms with E-state index >= 15 is 0 Å². The lowest BCUT2D eigenvalue weighted by molar-refractivity contribution is 0.0950. The van der Waals surface area contributed by atoms with Gasteiger partial charge in [0.05, 0.1) is 28.0 Å². The molecule has 2 N–H and O–H groups in total. The first-order chi connectivity index (χ1) is 15.5. The lowest BCUT2D eigenvalue weighted by atomic mass is 9.86. The van der Waals surface area contributed by atoms with Gasteiger partial charge in [0.2, 0.25) is 0 Å². The van der Waals surface area contributed by atoms with E-state index < -0.39 is 0 Å². The van der Waals surface area contributed by atoms with Gasteiger partial charge in [0.15, 0.2) is 0 Å². The number of pyridine rings is 2. The lowest BCUT2D eigenvalue weighted by Crippen LogP contribution is -2.31. The van der Waals surface area contributed by atoms with E-state index in [0.29, 0.717) is 12.1 Å². The fourth-order valence-corrected chi connectivity index (χ4v) is 4.66. The highest BCUT2D eigenvalue weighted by atomic mass is 16.1. The summed E-state index contributed by atoms with van der Waals surface area (Å²) in [7, 11) is 3.97. The van der Waals surface area contributed by atoms with Crippen molar-refractivity contribution in [3.63, 3.8) is 0 Å². The summed E-state index contributed by atoms with van der Waals surface area (Å²) < 4.78 is 0. The van der Waals surface area contributed by atoms with Gasteiger partial charge >= 0.3 is 0 Å². The molecule has 0 saturated carbocycles. The van der Waals surface area contributed by atoms with E-state index in [1.165, 1.54) is 28.3 Å². The molecule has 1 amide bonds. The zero-order valence-corrected chi connectivity index (χ0v) is 18.8. The highest BCUT2D eigenvalue weighted by Gasteiger charge is 2.22. The van der Waals surface area contributed by atoms with Gasteiger partial charge in [-0.25, -0.2) is 4.98 Å². The average Bonchev–Trinajstić information content (AvgIpc) is 3.19. The zero-order valence-electron chi connectivity index (χ0n) is 18.8. The van der Waals surface area contributed by atoms with Crippen molar-refractivity contribution in [2.45, 2.75) is 32.6 Å². The van der Waals surface area contributed by atoms with Crippen molar-refractivity contribution in [1.29, 1.82) is 0 Å². The quantitative estimate of drug-likeness (QED) is 0.507. The van der Waals surface area contributed by atoms with Gasteiger partial charge in [0, 0.05) is 35.8 Å². The molecule has 1 aromatic carbocycles. The first-order valence-electron chi connectivity index (χ1n) is 11.2. The number of aromatic nitrogens is 4. The van der Waals surface area contributed by atoms with Gasteiger partial charge < -0.3 is 10.2 Å². The second-order valence-corrected chi connectivity index (χ2v) is 8.82. The van der Waals surface area contributed by atoms with Crippen LogP contribution >= 0.6 is 0 Å². The molecule has 0 saturated heterocycles. The number of aryl methyl sites for hydroxylation is 2. The number of likely N-dealkylation sites (N-methyl/N-ethyl adjacent to an activating group) is 1. The van der Waals surface area contributed by atoms with Gasteiger partial charge in [-0.15, -0.1) is 0 Å². The van der Waals surface area contributed by atoms with Gasteiger partial charge in [0.1, 0.15) is 0 Å². The Labute approximate surface area is 187 Å². The minimum Gasteiger partial charge on any atom is -0.351 e. The molecular formula is C25H28N6O. The Bertz CT molecular complexity index is 1310. The Morgan fingerprint density at radius 1 is 1.06 bits per heavy atom. The third-order valence-electron chi connectivity index (χ3n) is 6.28. The molecule has 0 aliphatic heterocycles. The number of nitrogens with zero attached hydrogens (tertiary/aromatic N) is 4. The molecule has 7 nitrogen and oxygen atoms in total. The number of rotatable bonds is 5. The van der Waals surface area contributed by atoms with Crippen molar-refractivity contribution >= 4 is 27.7 Å². The van der Waals surface area contributed by atoms with Crippen LogP contribution in [0, 0.1) is 6.92 Å². The van der Waals surface area contributed by atoms with Crippen LogP contribution in [0.15, 0.2) is 30.5 Å². The maximum absolute atomic E-state index is 12.4. The molecule has 32 heavy (non-hydrogen) atoms. The summed E-state index contributed by atoms with van der Waals surface area (Å²) in [6, 6.07) is 7.86. The molecule has 1 aliphatic rings. The molecule has 3 aromatic heterocycles. The van der Waals surface area contributed by atoms with E-state index in [9.17, 15) is 4.79 Å². The smallest absolute Gasteiger partial charge is 0.252 e. The van der Waals surface area contributed by atoms with Crippen LogP contribution < -0.4 is 5.32 Å². The lowest BCUT2D eigenvalue weighted by Gasteiger charge is -2.21. The van der Waals surface area contributed by atoms with Crippen LogP contribution in [0.1, 0.15) is 40.0 Å². The highest BCUT2D eigenvalue weighted by molar-refractivity contribution is 6.09. The van der Waals surface area contributed by atoms with E-state index in [2.05, 4.69) is 33.5 Å². The summed E-state index contributed by atoms with van der Waals surface area (Å²) in [5, 5.41) is 12.9. The van der Waals surface area contributed by atoms with Crippen LogP contribution in [-0.4, -0.2) is 58.2 Å². The van der Waals surface area contributed by atoms with Crippen molar-refractivity contribution < 1.29 is 4.79 Å².